The van der Waals surface area contributed by atoms with Crippen molar-refractivity contribution in [1.82, 2.24) is 0 Å². The number of hydrogen-bond donors (Lipinski definition) is 3. The molecule has 3 N–H and O–H groups in total. The van der Waals surface area contributed by atoms with Gasteiger partial charge in [-0.25, -0.2) is 0 Å². The Hall–Kier alpha value is -0.120. The van der Waals surface area contributed by atoms with Crippen molar-refractivity contribution >= 4 is 0 Å². The van der Waals surface area contributed by atoms with Gasteiger partial charge in [0.1, 0.15) is 6.10 Å². The molecule has 0 rings (SSSR count). The summed E-state index contributed by atoms with van der Waals surface area (Å²) in [6, 6.07) is 0. The van der Waals surface area contributed by atoms with Crippen LogP contribution in [0, 0.1) is 5.92 Å². The van der Waals surface area contributed by atoms with Crippen LogP contribution in [0.2, 0.25) is 0 Å². The summed E-state index contributed by atoms with van der Waals surface area (Å²) in [4.78, 5) is 0. The van der Waals surface area contributed by atoms with Gasteiger partial charge in [-0.05, 0) is 12.3 Å². The molecular formula is C21H44O3. The zero-order valence-electron chi connectivity index (χ0n) is 16.4. The largest absolute Gasteiger partial charge is 0.394 e. The van der Waals surface area contributed by atoms with Crippen molar-refractivity contribution in [2.75, 3.05) is 6.61 Å². The maximum absolute atomic E-state index is 10.0. The lowest BCUT2D eigenvalue weighted by molar-refractivity contribution is -0.0261. The molecule has 0 heterocycles. The van der Waals surface area contributed by atoms with E-state index in [2.05, 4.69) is 13.8 Å². The SMILES string of the molecule is CCCCCCCCCC(CCCCCCC)CC(O)C(O)CO. The second-order valence-electron chi connectivity index (χ2n) is 7.53. The monoisotopic (exact) mass is 344 g/mol. The number of aliphatic hydroxyl groups is 3. The lowest BCUT2D eigenvalue weighted by atomic mass is 9.88. The molecular weight excluding hydrogens is 300 g/mol. The molecule has 0 aliphatic heterocycles. The molecule has 0 saturated carbocycles. The van der Waals surface area contributed by atoms with Crippen molar-refractivity contribution in [3.8, 4) is 0 Å². The number of aliphatic hydroxyl groups excluding tert-OH is 3. The first-order valence-electron chi connectivity index (χ1n) is 10.6. The molecule has 0 aliphatic rings. The van der Waals surface area contributed by atoms with Crippen molar-refractivity contribution in [3.63, 3.8) is 0 Å². The van der Waals surface area contributed by atoms with Crippen LogP contribution in [0.5, 0.6) is 0 Å². The normalized spacial score (nSPS) is 15.4. The second kappa shape index (κ2) is 17.7. The first-order valence-corrected chi connectivity index (χ1v) is 10.6. The Kier molecular flexibility index (Phi) is 17.6. The van der Waals surface area contributed by atoms with Crippen LogP contribution >= 0.6 is 0 Å². The van der Waals surface area contributed by atoms with Gasteiger partial charge < -0.3 is 15.3 Å². The summed E-state index contributed by atoms with van der Waals surface area (Å²) >= 11 is 0. The third-order valence-corrected chi connectivity index (χ3v) is 5.14. The third-order valence-electron chi connectivity index (χ3n) is 5.14. The van der Waals surface area contributed by atoms with Crippen LogP contribution in [0.3, 0.4) is 0 Å². The molecule has 3 unspecified atom stereocenters. The van der Waals surface area contributed by atoms with E-state index in [1.165, 1.54) is 77.0 Å². The molecule has 0 aliphatic carbocycles. The van der Waals surface area contributed by atoms with E-state index in [9.17, 15) is 10.2 Å². The molecule has 0 saturated heterocycles. The van der Waals surface area contributed by atoms with E-state index in [1.54, 1.807) is 0 Å². The molecule has 0 amide bonds. The first-order chi connectivity index (χ1) is 11.7. The standard InChI is InChI=1S/C21H44O3/c1-3-5-7-9-10-12-14-16-19(15-13-11-8-6-4-2)17-20(23)21(24)18-22/h19-24H,3-18H2,1-2H3. The predicted octanol–water partition coefficient (Wildman–Crippen LogP) is 5.21. The predicted molar refractivity (Wildman–Crippen MR) is 103 cm³/mol. The molecule has 146 valence electrons. The summed E-state index contributed by atoms with van der Waals surface area (Å²) in [5.74, 6) is 0.485. The van der Waals surface area contributed by atoms with Crippen LogP contribution in [0.4, 0.5) is 0 Å². The van der Waals surface area contributed by atoms with Crippen LogP contribution < -0.4 is 0 Å². The molecule has 3 heteroatoms. The van der Waals surface area contributed by atoms with Gasteiger partial charge in [-0.15, -0.1) is 0 Å². The Labute approximate surface area is 150 Å². The highest BCUT2D eigenvalue weighted by Gasteiger charge is 2.20. The highest BCUT2D eigenvalue weighted by molar-refractivity contribution is 4.72. The van der Waals surface area contributed by atoms with Crippen LogP contribution in [-0.4, -0.2) is 34.1 Å². The summed E-state index contributed by atoms with van der Waals surface area (Å²) in [7, 11) is 0. The molecule has 0 aromatic heterocycles. The average molecular weight is 345 g/mol. The summed E-state index contributed by atoms with van der Waals surface area (Å²) in [5.41, 5.74) is 0. The topological polar surface area (TPSA) is 60.7 Å². The van der Waals surface area contributed by atoms with Crippen molar-refractivity contribution < 1.29 is 15.3 Å². The van der Waals surface area contributed by atoms with Gasteiger partial charge in [-0.3, -0.25) is 0 Å². The first kappa shape index (κ1) is 23.9. The zero-order chi connectivity index (χ0) is 18.0. The Morgan fingerprint density at radius 3 is 1.42 bits per heavy atom. The fourth-order valence-corrected chi connectivity index (χ4v) is 3.43. The molecule has 3 atom stereocenters. The van der Waals surface area contributed by atoms with Crippen LogP contribution in [0.25, 0.3) is 0 Å². The maximum Gasteiger partial charge on any atom is 0.103 e. The van der Waals surface area contributed by atoms with Gasteiger partial charge in [-0.2, -0.15) is 0 Å². The summed E-state index contributed by atoms with van der Waals surface area (Å²) < 4.78 is 0. The van der Waals surface area contributed by atoms with Gasteiger partial charge in [0.05, 0.1) is 12.7 Å². The van der Waals surface area contributed by atoms with Crippen LogP contribution in [0.15, 0.2) is 0 Å². The molecule has 0 aromatic carbocycles. The third kappa shape index (κ3) is 14.2. The summed E-state index contributed by atoms with van der Waals surface area (Å²) in [5, 5.41) is 28.6. The smallest absolute Gasteiger partial charge is 0.103 e. The Morgan fingerprint density at radius 1 is 0.583 bits per heavy atom. The van der Waals surface area contributed by atoms with Gasteiger partial charge >= 0.3 is 0 Å². The van der Waals surface area contributed by atoms with E-state index in [4.69, 9.17) is 5.11 Å². The van der Waals surface area contributed by atoms with Crippen molar-refractivity contribution in [2.45, 2.75) is 122 Å². The molecule has 0 spiro atoms. The quantitative estimate of drug-likeness (QED) is 0.299. The lowest BCUT2D eigenvalue weighted by Gasteiger charge is -2.23. The van der Waals surface area contributed by atoms with Crippen molar-refractivity contribution in [1.29, 1.82) is 0 Å². The average Bonchev–Trinajstić information content (AvgIpc) is 2.59. The highest BCUT2D eigenvalue weighted by atomic mass is 16.4. The van der Waals surface area contributed by atoms with Gasteiger partial charge in [0.15, 0.2) is 0 Å². The minimum absolute atomic E-state index is 0.345. The van der Waals surface area contributed by atoms with Crippen LogP contribution in [-0.2, 0) is 0 Å². The minimum atomic E-state index is -0.985. The summed E-state index contributed by atoms with van der Waals surface area (Å²) in [6.45, 7) is 4.13. The molecule has 0 radical (unpaired) electrons. The van der Waals surface area contributed by atoms with Crippen molar-refractivity contribution in [3.05, 3.63) is 0 Å². The molecule has 0 fully saturated rings. The zero-order valence-corrected chi connectivity index (χ0v) is 16.4. The number of unbranched alkanes of at least 4 members (excludes halogenated alkanes) is 10. The summed E-state index contributed by atoms with van der Waals surface area (Å²) in [6.07, 6.45) is 16.8. The molecule has 24 heavy (non-hydrogen) atoms. The lowest BCUT2D eigenvalue weighted by Crippen LogP contribution is -2.31. The van der Waals surface area contributed by atoms with E-state index in [0.717, 1.165) is 12.8 Å². The second-order valence-corrected chi connectivity index (χ2v) is 7.53. The Bertz CT molecular complexity index is 245. The van der Waals surface area contributed by atoms with Gasteiger partial charge in [0, 0.05) is 0 Å². The van der Waals surface area contributed by atoms with E-state index in [1.807, 2.05) is 0 Å². The number of rotatable bonds is 18. The van der Waals surface area contributed by atoms with Gasteiger partial charge in [0.2, 0.25) is 0 Å². The molecule has 0 bridgehead atoms. The fourth-order valence-electron chi connectivity index (χ4n) is 3.43. The Morgan fingerprint density at radius 2 is 1.00 bits per heavy atom. The maximum atomic E-state index is 10.0. The Balaban J connectivity index is 3.98. The van der Waals surface area contributed by atoms with E-state index in [0.29, 0.717) is 12.3 Å². The van der Waals surface area contributed by atoms with Gasteiger partial charge in [-0.1, -0.05) is 104 Å². The molecule has 0 aromatic rings. The van der Waals surface area contributed by atoms with Gasteiger partial charge in [0.25, 0.3) is 0 Å². The molecule has 3 nitrogen and oxygen atoms in total. The van der Waals surface area contributed by atoms with E-state index >= 15 is 0 Å². The van der Waals surface area contributed by atoms with Crippen molar-refractivity contribution in [2.24, 2.45) is 5.92 Å². The van der Waals surface area contributed by atoms with E-state index in [-0.39, 0.29) is 6.61 Å². The number of hydrogen-bond acceptors (Lipinski definition) is 3. The fraction of sp³-hybridized carbons (Fsp3) is 1.00. The highest BCUT2D eigenvalue weighted by Crippen LogP contribution is 2.24. The minimum Gasteiger partial charge on any atom is -0.394 e. The van der Waals surface area contributed by atoms with E-state index < -0.39 is 12.2 Å². The van der Waals surface area contributed by atoms with Crippen LogP contribution in [0.1, 0.15) is 110 Å².